The van der Waals surface area contributed by atoms with Crippen molar-refractivity contribution in [3.8, 4) is 0 Å². The summed E-state index contributed by atoms with van der Waals surface area (Å²) in [7, 11) is 0. The molecule has 3 rings (SSSR count). The molecule has 3 N–H and O–H groups in total. The van der Waals surface area contributed by atoms with E-state index in [0.717, 1.165) is 4.88 Å². The normalized spacial score (nSPS) is 13.4. The van der Waals surface area contributed by atoms with Gasteiger partial charge in [0, 0.05) is 10.9 Å². The predicted octanol–water partition coefficient (Wildman–Crippen LogP) is 4.11. The van der Waals surface area contributed by atoms with Crippen molar-refractivity contribution in [2.75, 3.05) is 5.32 Å². The quantitative estimate of drug-likeness (QED) is 0.707. The molecule has 0 saturated carbocycles. The molecular weight excluding hydrogens is 353 g/mol. The lowest BCUT2D eigenvalue weighted by Gasteiger charge is -2.10. The molecule has 0 aliphatic heterocycles. The van der Waals surface area contributed by atoms with Gasteiger partial charge in [0.1, 0.15) is 11.6 Å². The van der Waals surface area contributed by atoms with Crippen molar-refractivity contribution < 1.29 is 17.6 Å². The first-order chi connectivity index (χ1) is 11.8. The van der Waals surface area contributed by atoms with Gasteiger partial charge in [-0.25, -0.2) is 9.97 Å². The summed E-state index contributed by atoms with van der Waals surface area (Å²) in [6, 6.07) is 3.35. The maximum atomic E-state index is 13.2. The molecule has 25 heavy (non-hydrogen) atoms. The molecule has 134 valence electrons. The molecule has 3 aromatic rings. The Morgan fingerprint density at radius 2 is 2.12 bits per heavy atom. The number of alkyl halides is 3. The smallest absolute Gasteiger partial charge is 0.451 e. The number of thiophene rings is 1. The number of furan rings is 1. The second-order valence-corrected chi connectivity index (χ2v) is 6.94. The van der Waals surface area contributed by atoms with Gasteiger partial charge in [-0.05, 0) is 38.0 Å². The van der Waals surface area contributed by atoms with Crippen LogP contribution in [0.5, 0.6) is 0 Å². The minimum atomic E-state index is -4.62. The molecule has 0 amide bonds. The summed E-state index contributed by atoms with van der Waals surface area (Å²) in [4.78, 5) is 8.36. The van der Waals surface area contributed by atoms with Crippen LogP contribution < -0.4 is 11.1 Å². The first kappa shape index (κ1) is 17.7. The van der Waals surface area contributed by atoms with E-state index >= 15 is 0 Å². The number of halogens is 3. The molecule has 0 aromatic carbocycles. The van der Waals surface area contributed by atoms with E-state index < -0.39 is 12.0 Å². The third kappa shape index (κ3) is 3.77. The Balaban J connectivity index is 2.07. The molecule has 5 nitrogen and oxygen atoms in total. The highest BCUT2D eigenvalue weighted by atomic mass is 32.1. The summed E-state index contributed by atoms with van der Waals surface area (Å²) in [5.74, 6) is -0.405. The van der Waals surface area contributed by atoms with Crippen molar-refractivity contribution in [2.45, 2.75) is 39.0 Å². The van der Waals surface area contributed by atoms with E-state index in [0.29, 0.717) is 28.0 Å². The molecule has 0 fully saturated rings. The zero-order valence-electron chi connectivity index (χ0n) is 13.6. The predicted molar refractivity (Wildman–Crippen MR) is 90.5 cm³/mol. The number of nitrogens with zero attached hydrogens (tertiary/aromatic N) is 2. The van der Waals surface area contributed by atoms with Crippen LogP contribution in [0.1, 0.15) is 28.9 Å². The van der Waals surface area contributed by atoms with Crippen LogP contribution in [0.15, 0.2) is 22.8 Å². The molecular formula is C16H17F3N4OS. The van der Waals surface area contributed by atoms with Crippen molar-refractivity contribution in [1.82, 2.24) is 9.97 Å². The second kappa shape index (κ2) is 6.64. The molecule has 0 aliphatic carbocycles. The number of rotatable bonds is 5. The largest absolute Gasteiger partial charge is 0.467 e. The van der Waals surface area contributed by atoms with Gasteiger partial charge >= 0.3 is 6.18 Å². The van der Waals surface area contributed by atoms with Crippen LogP contribution in [0, 0.1) is 6.92 Å². The molecule has 9 heteroatoms. The summed E-state index contributed by atoms with van der Waals surface area (Å²) in [5, 5.41) is 2.93. The van der Waals surface area contributed by atoms with Gasteiger partial charge in [-0.2, -0.15) is 13.2 Å². The maximum absolute atomic E-state index is 13.2. The third-order valence-corrected chi connectivity index (χ3v) is 4.95. The minimum Gasteiger partial charge on any atom is -0.467 e. The molecule has 0 aliphatic rings. The van der Waals surface area contributed by atoms with Gasteiger partial charge in [0.15, 0.2) is 0 Å². The van der Waals surface area contributed by atoms with Gasteiger partial charge in [0.05, 0.1) is 23.0 Å². The molecule has 0 radical (unpaired) electrons. The fourth-order valence-corrected chi connectivity index (χ4v) is 3.80. The van der Waals surface area contributed by atoms with Gasteiger partial charge in [0.25, 0.3) is 0 Å². The van der Waals surface area contributed by atoms with E-state index in [4.69, 9.17) is 10.2 Å². The molecule has 1 unspecified atom stereocenters. The fraction of sp³-hybridized carbons (Fsp3) is 0.375. The van der Waals surface area contributed by atoms with Gasteiger partial charge in [-0.15, -0.1) is 11.3 Å². The van der Waals surface area contributed by atoms with E-state index in [9.17, 15) is 13.2 Å². The highest BCUT2D eigenvalue weighted by Gasteiger charge is 2.36. The van der Waals surface area contributed by atoms with E-state index in [2.05, 4.69) is 15.3 Å². The van der Waals surface area contributed by atoms with Gasteiger partial charge in [-0.3, -0.25) is 0 Å². The number of hydrogen-bond acceptors (Lipinski definition) is 6. The van der Waals surface area contributed by atoms with Crippen molar-refractivity contribution in [2.24, 2.45) is 5.73 Å². The van der Waals surface area contributed by atoms with Gasteiger partial charge < -0.3 is 15.5 Å². The second-order valence-electron chi connectivity index (χ2n) is 5.84. The topological polar surface area (TPSA) is 77.0 Å². The molecule has 0 saturated heterocycles. The lowest BCUT2D eigenvalue weighted by molar-refractivity contribution is -0.144. The Morgan fingerprint density at radius 1 is 1.36 bits per heavy atom. The van der Waals surface area contributed by atoms with E-state index in [1.54, 1.807) is 19.1 Å². The highest BCUT2D eigenvalue weighted by molar-refractivity contribution is 7.19. The average molecular weight is 370 g/mol. The molecule has 3 heterocycles. The summed E-state index contributed by atoms with van der Waals surface area (Å²) in [6.45, 7) is 3.85. The number of aryl methyl sites for hydroxylation is 1. The summed E-state index contributed by atoms with van der Waals surface area (Å²) >= 11 is 1.37. The SMILES string of the molecule is Cc1c(CC(C)N)sc2c(NCc3ccco3)nc(C(F)(F)F)nc12. The standard InChI is InChI=1S/C16H17F3N4OS/c1-8(20)6-11-9(2)12-13(25-11)14(21-7-10-4-3-5-24-10)23-15(22-12)16(17,18)19/h3-5,8H,6-7,20H2,1-2H3,(H,21,22,23). The molecule has 0 spiro atoms. The van der Waals surface area contributed by atoms with Crippen LogP contribution >= 0.6 is 11.3 Å². The van der Waals surface area contributed by atoms with E-state index in [1.165, 1.54) is 17.6 Å². The van der Waals surface area contributed by atoms with Crippen molar-refractivity contribution in [3.63, 3.8) is 0 Å². The van der Waals surface area contributed by atoms with Crippen molar-refractivity contribution in [1.29, 1.82) is 0 Å². The Bertz CT molecular complexity index is 872. The number of aromatic nitrogens is 2. The van der Waals surface area contributed by atoms with Gasteiger partial charge in [0.2, 0.25) is 5.82 Å². The van der Waals surface area contributed by atoms with E-state index in [-0.39, 0.29) is 18.4 Å². The summed E-state index contributed by atoms with van der Waals surface area (Å²) in [5.41, 5.74) is 6.86. The zero-order valence-corrected chi connectivity index (χ0v) is 14.5. The molecule has 3 aromatic heterocycles. The lowest BCUT2D eigenvalue weighted by Crippen LogP contribution is -2.17. The molecule has 0 bridgehead atoms. The minimum absolute atomic E-state index is 0.0960. The number of fused-ring (bicyclic) bond motifs is 1. The number of nitrogens with two attached hydrogens (primary N) is 1. The third-order valence-electron chi connectivity index (χ3n) is 3.64. The van der Waals surface area contributed by atoms with Crippen molar-refractivity contribution in [3.05, 3.63) is 40.4 Å². The maximum Gasteiger partial charge on any atom is 0.451 e. The van der Waals surface area contributed by atoms with Crippen LogP contribution in [-0.4, -0.2) is 16.0 Å². The zero-order chi connectivity index (χ0) is 18.2. The Hall–Kier alpha value is -2.13. The van der Waals surface area contributed by atoms with Gasteiger partial charge in [-0.1, -0.05) is 0 Å². The van der Waals surface area contributed by atoms with Crippen LogP contribution in [0.4, 0.5) is 19.0 Å². The van der Waals surface area contributed by atoms with Crippen LogP contribution in [-0.2, 0) is 19.1 Å². The Labute approximate surface area is 146 Å². The van der Waals surface area contributed by atoms with Crippen molar-refractivity contribution >= 4 is 27.4 Å². The summed E-state index contributed by atoms with van der Waals surface area (Å²) in [6.07, 6.45) is -2.54. The number of hydrogen-bond donors (Lipinski definition) is 2. The van der Waals surface area contributed by atoms with E-state index in [1.807, 2.05) is 6.92 Å². The highest BCUT2D eigenvalue weighted by Crippen LogP contribution is 2.37. The van der Waals surface area contributed by atoms with Crippen LogP contribution in [0.25, 0.3) is 10.2 Å². The summed E-state index contributed by atoms with van der Waals surface area (Å²) < 4.78 is 45.3. The number of nitrogens with one attached hydrogen (secondary N) is 1. The fourth-order valence-electron chi connectivity index (χ4n) is 2.45. The monoisotopic (exact) mass is 370 g/mol. The average Bonchev–Trinajstić information content (AvgIpc) is 3.13. The first-order valence-electron chi connectivity index (χ1n) is 7.64. The Kier molecular flexibility index (Phi) is 4.70. The lowest BCUT2D eigenvalue weighted by atomic mass is 10.1. The molecule has 1 atom stereocenters. The number of anilines is 1. The Morgan fingerprint density at radius 3 is 2.72 bits per heavy atom. The first-order valence-corrected chi connectivity index (χ1v) is 8.46. The van der Waals surface area contributed by atoms with Crippen LogP contribution in [0.3, 0.4) is 0 Å². The van der Waals surface area contributed by atoms with Crippen LogP contribution in [0.2, 0.25) is 0 Å².